The Morgan fingerprint density at radius 2 is 2.05 bits per heavy atom. The molecule has 112 valence electrons. The summed E-state index contributed by atoms with van der Waals surface area (Å²) in [5, 5.41) is 10.2. The first-order valence-corrected chi connectivity index (χ1v) is 8.10. The molecule has 4 nitrogen and oxygen atoms in total. The Morgan fingerprint density at radius 1 is 1.29 bits per heavy atom. The van der Waals surface area contributed by atoms with Gasteiger partial charge in [0, 0.05) is 17.4 Å². The van der Waals surface area contributed by atoms with Crippen molar-refractivity contribution in [3.63, 3.8) is 0 Å². The molecular formula is C16H18BrNO3. The van der Waals surface area contributed by atoms with Crippen LogP contribution in [0.2, 0.25) is 0 Å². The topological polar surface area (TPSA) is 57.6 Å². The van der Waals surface area contributed by atoms with Gasteiger partial charge in [-0.05, 0) is 37.3 Å². The van der Waals surface area contributed by atoms with Crippen LogP contribution in [-0.4, -0.2) is 27.9 Å². The summed E-state index contributed by atoms with van der Waals surface area (Å²) < 4.78 is 0.905. The van der Waals surface area contributed by atoms with Gasteiger partial charge in [0.2, 0.25) is 5.91 Å². The number of likely N-dealkylation sites (tertiary alicyclic amines) is 1. The van der Waals surface area contributed by atoms with Crippen molar-refractivity contribution in [2.24, 2.45) is 5.41 Å². The smallest absolute Gasteiger partial charge is 0.238 e. The van der Waals surface area contributed by atoms with Crippen molar-refractivity contribution in [3.05, 3.63) is 34.3 Å². The van der Waals surface area contributed by atoms with Crippen LogP contribution in [0.1, 0.15) is 37.7 Å². The molecule has 0 aromatic heterocycles. The second-order valence-corrected chi connectivity index (χ2v) is 6.76. The van der Waals surface area contributed by atoms with Crippen molar-refractivity contribution in [1.82, 2.24) is 4.90 Å². The molecule has 21 heavy (non-hydrogen) atoms. The summed E-state index contributed by atoms with van der Waals surface area (Å²) in [5.74, 6) is -0.143. The molecule has 1 saturated carbocycles. The predicted octanol–water partition coefficient (Wildman–Crippen LogP) is 2.63. The number of amides is 1. The number of aliphatic hydroxyl groups is 1. The van der Waals surface area contributed by atoms with Gasteiger partial charge in [0.05, 0.1) is 0 Å². The minimum absolute atomic E-state index is 0.0523. The van der Waals surface area contributed by atoms with Gasteiger partial charge < -0.3 is 10.0 Å². The van der Waals surface area contributed by atoms with Crippen LogP contribution in [0, 0.1) is 5.41 Å². The maximum absolute atomic E-state index is 12.8. The molecule has 5 heteroatoms. The standard InChI is InChI=1S/C16H18BrNO3/c17-12-5-2-1-4-11(12)10-18-14(20)7-9-16(15(18)21)8-3-6-13(16)19/h1-2,4-5,14,20H,3,6-10H2. The van der Waals surface area contributed by atoms with Crippen LogP contribution in [0.25, 0.3) is 0 Å². The summed E-state index contributed by atoms with van der Waals surface area (Å²) in [6.45, 7) is 0.330. The molecular weight excluding hydrogens is 334 g/mol. The van der Waals surface area contributed by atoms with Gasteiger partial charge in [-0.25, -0.2) is 0 Å². The number of aliphatic hydroxyl groups excluding tert-OH is 1. The molecule has 2 unspecified atom stereocenters. The van der Waals surface area contributed by atoms with Crippen LogP contribution in [0.5, 0.6) is 0 Å². The molecule has 3 rings (SSSR count). The van der Waals surface area contributed by atoms with E-state index in [0.29, 0.717) is 32.2 Å². The Bertz CT molecular complexity index is 589. The monoisotopic (exact) mass is 351 g/mol. The maximum Gasteiger partial charge on any atom is 0.238 e. The SMILES string of the molecule is O=C1CCCC12CCC(O)N(Cc1ccccc1Br)C2=O. The van der Waals surface area contributed by atoms with Crippen molar-refractivity contribution in [2.75, 3.05) is 0 Å². The van der Waals surface area contributed by atoms with Gasteiger partial charge in [-0.3, -0.25) is 9.59 Å². The van der Waals surface area contributed by atoms with Gasteiger partial charge >= 0.3 is 0 Å². The number of benzene rings is 1. The Morgan fingerprint density at radius 3 is 2.71 bits per heavy atom. The Balaban J connectivity index is 1.88. The fourth-order valence-electron chi connectivity index (χ4n) is 3.46. The molecule has 0 bridgehead atoms. The molecule has 1 N–H and O–H groups in total. The van der Waals surface area contributed by atoms with Crippen LogP contribution in [0.3, 0.4) is 0 Å². The Labute approximate surface area is 132 Å². The summed E-state index contributed by atoms with van der Waals surface area (Å²) in [6, 6.07) is 7.63. The quantitative estimate of drug-likeness (QED) is 0.833. The van der Waals surface area contributed by atoms with Crippen LogP contribution < -0.4 is 0 Å². The second kappa shape index (κ2) is 5.54. The zero-order chi connectivity index (χ0) is 15.0. The first-order chi connectivity index (χ1) is 10.0. The van der Waals surface area contributed by atoms with Gasteiger partial charge in [0.1, 0.15) is 17.4 Å². The van der Waals surface area contributed by atoms with E-state index in [1.54, 1.807) is 0 Å². The third-order valence-corrected chi connectivity index (χ3v) is 5.47. The first-order valence-electron chi connectivity index (χ1n) is 7.30. The minimum atomic E-state index is -0.861. The van der Waals surface area contributed by atoms with Crippen LogP contribution in [-0.2, 0) is 16.1 Å². The fourth-order valence-corrected chi connectivity index (χ4v) is 3.87. The number of ketones is 1. The number of halogens is 1. The van der Waals surface area contributed by atoms with Gasteiger partial charge in [0.25, 0.3) is 0 Å². The molecule has 1 amide bonds. The molecule has 0 radical (unpaired) electrons. The van der Waals surface area contributed by atoms with E-state index in [1.165, 1.54) is 4.90 Å². The molecule has 1 heterocycles. The van der Waals surface area contributed by atoms with Gasteiger partial charge in [-0.15, -0.1) is 0 Å². The summed E-state index contributed by atoms with van der Waals surface area (Å²) in [5.41, 5.74) is 0.0768. The first kappa shape index (κ1) is 14.7. The summed E-state index contributed by atoms with van der Waals surface area (Å²) in [7, 11) is 0. The molecule has 1 aliphatic heterocycles. The number of piperidine rings is 1. The number of hydrogen-bond acceptors (Lipinski definition) is 3. The lowest BCUT2D eigenvalue weighted by Gasteiger charge is -2.41. The highest BCUT2D eigenvalue weighted by atomic mass is 79.9. The van der Waals surface area contributed by atoms with Gasteiger partial charge in [0.15, 0.2) is 0 Å². The van der Waals surface area contributed by atoms with E-state index >= 15 is 0 Å². The number of carbonyl (C=O) groups is 2. The molecule has 2 fully saturated rings. The van der Waals surface area contributed by atoms with Crippen LogP contribution in [0.4, 0.5) is 0 Å². The lowest BCUT2D eigenvalue weighted by Crippen LogP contribution is -2.54. The zero-order valence-corrected chi connectivity index (χ0v) is 13.3. The highest BCUT2D eigenvalue weighted by Gasteiger charge is 2.53. The third-order valence-electron chi connectivity index (χ3n) is 4.70. The van der Waals surface area contributed by atoms with E-state index < -0.39 is 11.6 Å². The minimum Gasteiger partial charge on any atom is -0.374 e. The molecule has 2 atom stereocenters. The molecule has 1 saturated heterocycles. The van der Waals surface area contributed by atoms with Crippen molar-refractivity contribution in [3.8, 4) is 0 Å². The molecule has 2 aliphatic rings. The number of rotatable bonds is 2. The predicted molar refractivity (Wildman–Crippen MR) is 81.2 cm³/mol. The fraction of sp³-hybridized carbons (Fsp3) is 0.500. The number of carbonyl (C=O) groups excluding carboxylic acids is 2. The number of hydrogen-bond donors (Lipinski definition) is 1. The molecule has 1 aromatic rings. The Kier molecular flexibility index (Phi) is 3.88. The van der Waals surface area contributed by atoms with Crippen LogP contribution in [0.15, 0.2) is 28.7 Å². The normalized spacial score (nSPS) is 29.4. The third kappa shape index (κ3) is 2.42. The van der Waals surface area contributed by atoms with Gasteiger partial charge in [-0.1, -0.05) is 34.1 Å². The lowest BCUT2D eigenvalue weighted by molar-refractivity contribution is -0.166. The van der Waals surface area contributed by atoms with E-state index in [1.807, 2.05) is 24.3 Å². The van der Waals surface area contributed by atoms with E-state index in [-0.39, 0.29) is 11.7 Å². The van der Waals surface area contributed by atoms with E-state index in [4.69, 9.17) is 0 Å². The summed E-state index contributed by atoms with van der Waals surface area (Å²) in [4.78, 5) is 26.5. The van der Waals surface area contributed by atoms with Crippen molar-refractivity contribution >= 4 is 27.6 Å². The largest absolute Gasteiger partial charge is 0.374 e. The van der Waals surface area contributed by atoms with Gasteiger partial charge in [-0.2, -0.15) is 0 Å². The highest BCUT2D eigenvalue weighted by Crippen LogP contribution is 2.44. The average molecular weight is 352 g/mol. The lowest BCUT2D eigenvalue weighted by atomic mass is 9.76. The Hall–Kier alpha value is -1.20. The number of nitrogens with zero attached hydrogens (tertiary/aromatic N) is 1. The van der Waals surface area contributed by atoms with E-state index in [0.717, 1.165) is 16.5 Å². The number of Topliss-reactive ketones (excluding diaryl/α,β-unsaturated/α-hetero) is 1. The summed E-state index contributed by atoms with van der Waals surface area (Å²) in [6.07, 6.45) is 2.06. The van der Waals surface area contributed by atoms with Crippen molar-refractivity contribution in [1.29, 1.82) is 0 Å². The highest BCUT2D eigenvalue weighted by molar-refractivity contribution is 9.10. The molecule has 1 aliphatic carbocycles. The maximum atomic E-state index is 12.8. The molecule has 1 aromatic carbocycles. The van der Waals surface area contributed by atoms with Crippen molar-refractivity contribution < 1.29 is 14.7 Å². The average Bonchev–Trinajstić information content (AvgIpc) is 2.84. The second-order valence-electron chi connectivity index (χ2n) is 5.90. The van der Waals surface area contributed by atoms with E-state index in [9.17, 15) is 14.7 Å². The summed E-state index contributed by atoms with van der Waals surface area (Å²) >= 11 is 3.46. The zero-order valence-electron chi connectivity index (χ0n) is 11.7. The van der Waals surface area contributed by atoms with Crippen molar-refractivity contribution in [2.45, 2.75) is 44.9 Å². The van der Waals surface area contributed by atoms with Crippen LogP contribution >= 0.6 is 15.9 Å². The van der Waals surface area contributed by atoms with E-state index in [2.05, 4.69) is 15.9 Å². The molecule has 1 spiro atoms.